The summed E-state index contributed by atoms with van der Waals surface area (Å²) in [7, 11) is 0. The highest BCUT2D eigenvalue weighted by Gasteiger charge is 2.12. The summed E-state index contributed by atoms with van der Waals surface area (Å²) >= 11 is 17.4. The molecule has 0 aliphatic rings. The monoisotopic (exact) mass is 369 g/mol. The van der Waals surface area contributed by atoms with Crippen LogP contribution in [0.15, 0.2) is 47.6 Å². The van der Waals surface area contributed by atoms with Crippen LogP contribution >= 0.6 is 34.8 Å². The first-order valence-electron chi connectivity index (χ1n) is 6.31. The third-order valence-corrected chi connectivity index (χ3v) is 3.59. The number of benzene rings is 2. The zero-order chi connectivity index (χ0) is 16.8. The Bertz CT molecular complexity index is 778. The standard InChI is InChI=1S/C15H10Cl3N3O2/c16-10-2-1-3-11(7-10)20-14(22)15(23)21-19-8-9-4-5-12(17)13(18)6-9/h1-8H,(H,20,22)(H,21,23). The number of halogens is 3. The van der Waals surface area contributed by atoms with Crippen LogP contribution in [0, 0.1) is 0 Å². The average Bonchev–Trinajstić information content (AvgIpc) is 2.50. The second kappa shape index (κ2) is 7.97. The molecule has 2 rings (SSSR count). The lowest BCUT2D eigenvalue weighted by Crippen LogP contribution is -2.32. The van der Waals surface area contributed by atoms with Crippen molar-refractivity contribution < 1.29 is 9.59 Å². The number of carbonyl (C=O) groups is 2. The van der Waals surface area contributed by atoms with Gasteiger partial charge in [0, 0.05) is 10.7 Å². The number of amides is 2. The number of carbonyl (C=O) groups excluding carboxylic acids is 2. The Hall–Kier alpha value is -2.08. The zero-order valence-electron chi connectivity index (χ0n) is 11.5. The number of hydrogen-bond acceptors (Lipinski definition) is 3. The smallest absolute Gasteiger partial charge is 0.318 e. The molecule has 2 aromatic rings. The third kappa shape index (κ3) is 5.25. The van der Waals surface area contributed by atoms with Gasteiger partial charge < -0.3 is 5.32 Å². The van der Waals surface area contributed by atoms with Crippen molar-refractivity contribution in [1.29, 1.82) is 0 Å². The molecule has 2 amide bonds. The summed E-state index contributed by atoms with van der Waals surface area (Å²) in [4.78, 5) is 23.3. The summed E-state index contributed by atoms with van der Waals surface area (Å²) in [6.45, 7) is 0. The van der Waals surface area contributed by atoms with Crippen molar-refractivity contribution in [3.63, 3.8) is 0 Å². The average molecular weight is 371 g/mol. The summed E-state index contributed by atoms with van der Waals surface area (Å²) in [6.07, 6.45) is 1.34. The van der Waals surface area contributed by atoms with Crippen LogP contribution in [-0.4, -0.2) is 18.0 Å². The SMILES string of the molecule is O=C(NN=Cc1ccc(Cl)c(Cl)c1)C(=O)Nc1cccc(Cl)c1. The predicted octanol–water partition coefficient (Wildman–Crippen LogP) is 3.74. The molecule has 2 aromatic carbocycles. The van der Waals surface area contributed by atoms with Gasteiger partial charge in [0.05, 0.1) is 16.3 Å². The quantitative estimate of drug-likeness (QED) is 0.491. The van der Waals surface area contributed by atoms with Crippen molar-refractivity contribution in [2.24, 2.45) is 5.10 Å². The maximum Gasteiger partial charge on any atom is 0.329 e. The van der Waals surface area contributed by atoms with Gasteiger partial charge in [0.25, 0.3) is 0 Å². The van der Waals surface area contributed by atoms with Gasteiger partial charge in [-0.05, 0) is 35.9 Å². The van der Waals surface area contributed by atoms with Gasteiger partial charge in [0.2, 0.25) is 0 Å². The van der Waals surface area contributed by atoms with E-state index in [1.54, 1.807) is 36.4 Å². The minimum Gasteiger partial charge on any atom is -0.318 e. The van der Waals surface area contributed by atoms with Crippen molar-refractivity contribution in [2.75, 3.05) is 5.32 Å². The molecule has 0 heterocycles. The minimum absolute atomic E-state index is 0.362. The van der Waals surface area contributed by atoms with Gasteiger partial charge in [0.1, 0.15) is 0 Å². The fraction of sp³-hybridized carbons (Fsp3) is 0. The molecule has 0 spiro atoms. The number of hydrogen-bond donors (Lipinski definition) is 2. The first-order valence-corrected chi connectivity index (χ1v) is 7.44. The number of anilines is 1. The number of hydrazone groups is 1. The number of rotatable bonds is 3. The van der Waals surface area contributed by atoms with E-state index in [0.717, 1.165) is 0 Å². The Kier molecular flexibility index (Phi) is 5.98. The Morgan fingerprint density at radius 1 is 0.957 bits per heavy atom. The molecule has 0 aromatic heterocycles. The van der Waals surface area contributed by atoms with Gasteiger partial charge in [-0.15, -0.1) is 0 Å². The molecule has 0 unspecified atom stereocenters. The van der Waals surface area contributed by atoms with Crippen LogP contribution in [0.5, 0.6) is 0 Å². The van der Waals surface area contributed by atoms with E-state index in [1.165, 1.54) is 12.3 Å². The number of nitrogens with one attached hydrogen (secondary N) is 2. The zero-order valence-corrected chi connectivity index (χ0v) is 13.8. The van der Waals surface area contributed by atoms with Gasteiger partial charge in [-0.1, -0.05) is 46.9 Å². The van der Waals surface area contributed by atoms with Crippen molar-refractivity contribution in [2.45, 2.75) is 0 Å². The topological polar surface area (TPSA) is 70.6 Å². The molecule has 0 radical (unpaired) electrons. The first kappa shape index (κ1) is 17.3. The summed E-state index contributed by atoms with van der Waals surface area (Å²) in [6, 6.07) is 11.3. The first-order chi connectivity index (χ1) is 11.0. The molecule has 0 fully saturated rings. The predicted molar refractivity (Wildman–Crippen MR) is 92.3 cm³/mol. The van der Waals surface area contributed by atoms with E-state index in [2.05, 4.69) is 15.8 Å². The van der Waals surface area contributed by atoms with E-state index in [1.807, 2.05) is 0 Å². The van der Waals surface area contributed by atoms with Crippen LogP contribution < -0.4 is 10.7 Å². The maximum atomic E-state index is 11.7. The molecule has 0 saturated carbocycles. The highest BCUT2D eigenvalue weighted by atomic mass is 35.5. The Morgan fingerprint density at radius 3 is 2.43 bits per heavy atom. The van der Waals surface area contributed by atoms with Crippen LogP contribution in [0.25, 0.3) is 0 Å². The van der Waals surface area contributed by atoms with Crippen molar-refractivity contribution in [3.05, 3.63) is 63.1 Å². The van der Waals surface area contributed by atoms with Crippen molar-refractivity contribution in [1.82, 2.24) is 5.43 Å². The molecule has 0 atom stereocenters. The lowest BCUT2D eigenvalue weighted by molar-refractivity contribution is -0.136. The van der Waals surface area contributed by atoms with Gasteiger partial charge >= 0.3 is 11.8 Å². The van der Waals surface area contributed by atoms with Crippen molar-refractivity contribution >= 4 is 58.5 Å². The summed E-state index contributed by atoms with van der Waals surface area (Å²) < 4.78 is 0. The van der Waals surface area contributed by atoms with Gasteiger partial charge in [-0.25, -0.2) is 5.43 Å². The van der Waals surface area contributed by atoms with E-state index in [4.69, 9.17) is 34.8 Å². The fourth-order valence-electron chi connectivity index (χ4n) is 1.56. The van der Waals surface area contributed by atoms with Crippen molar-refractivity contribution in [3.8, 4) is 0 Å². The molecule has 0 saturated heterocycles. The summed E-state index contributed by atoms with van der Waals surface area (Å²) in [5.74, 6) is -1.78. The van der Waals surface area contributed by atoms with Crippen LogP contribution in [0.2, 0.25) is 15.1 Å². The lowest BCUT2D eigenvalue weighted by atomic mass is 10.2. The molecular formula is C15H10Cl3N3O2. The fourth-order valence-corrected chi connectivity index (χ4v) is 2.06. The summed E-state index contributed by atoms with van der Waals surface area (Å²) in [5, 5.41) is 7.30. The molecule has 2 N–H and O–H groups in total. The van der Waals surface area contributed by atoms with Gasteiger partial charge in [0.15, 0.2) is 0 Å². The van der Waals surface area contributed by atoms with Crippen LogP contribution in [-0.2, 0) is 9.59 Å². The summed E-state index contributed by atoms with van der Waals surface area (Å²) in [5.41, 5.74) is 3.14. The molecule has 0 aliphatic heterocycles. The Labute approximate surface area is 147 Å². The van der Waals surface area contributed by atoms with Crippen LogP contribution in [0.4, 0.5) is 5.69 Å². The molecule has 5 nitrogen and oxygen atoms in total. The highest BCUT2D eigenvalue weighted by Crippen LogP contribution is 2.21. The van der Waals surface area contributed by atoms with Crippen LogP contribution in [0.3, 0.4) is 0 Å². The molecule has 0 aliphatic carbocycles. The van der Waals surface area contributed by atoms with E-state index >= 15 is 0 Å². The maximum absolute atomic E-state index is 11.7. The molecule has 118 valence electrons. The molecular weight excluding hydrogens is 361 g/mol. The van der Waals surface area contributed by atoms with E-state index in [-0.39, 0.29) is 0 Å². The number of nitrogens with zero attached hydrogens (tertiary/aromatic N) is 1. The largest absolute Gasteiger partial charge is 0.329 e. The Morgan fingerprint density at radius 2 is 1.74 bits per heavy atom. The minimum atomic E-state index is -0.915. The molecule has 23 heavy (non-hydrogen) atoms. The lowest BCUT2D eigenvalue weighted by Gasteiger charge is -2.04. The molecule has 8 heteroatoms. The second-order valence-electron chi connectivity index (χ2n) is 4.34. The third-order valence-electron chi connectivity index (χ3n) is 2.61. The Balaban J connectivity index is 1.92. The van der Waals surface area contributed by atoms with Gasteiger partial charge in [-0.2, -0.15) is 5.10 Å². The molecule has 0 bridgehead atoms. The van der Waals surface area contributed by atoms with E-state index in [0.29, 0.717) is 26.3 Å². The van der Waals surface area contributed by atoms with E-state index < -0.39 is 11.8 Å². The van der Waals surface area contributed by atoms with Crippen LogP contribution in [0.1, 0.15) is 5.56 Å². The van der Waals surface area contributed by atoms with Gasteiger partial charge in [-0.3, -0.25) is 9.59 Å². The second-order valence-corrected chi connectivity index (χ2v) is 5.59. The van der Waals surface area contributed by atoms with E-state index in [9.17, 15) is 9.59 Å². The normalized spacial score (nSPS) is 10.6. The highest BCUT2D eigenvalue weighted by molar-refractivity contribution is 6.42.